The molecule has 4 heteroatoms. The van der Waals surface area contributed by atoms with E-state index in [0.29, 0.717) is 12.1 Å². The van der Waals surface area contributed by atoms with Crippen molar-refractivity contribution in [2.75, 3.05) is 6.16 Å². The van der Waals surface area contributed by atoms with Crippen molar-refractivity contribution >= 4 is 18.0 Å². The van der Waals surface area contributed by atoms with Gasteiger partial charge in [0, 0.05) is 22.9 Å². The zero-order chi connectivity index (χ0) is 19.4. The first-order valence-electron chi connectivity index (χ1n) is 9.75. The average Bonchev–Trinajstić information content (AvgIpc) is 3.10. The van der Waals surface area contributed by atoms with Crippen LogP contribution < -0.4 is 15.4 Å². The van der Waals surface area contributed by atoms with Gasteiger partial charge >= 0.3 is 5.57 Å². The highest BCUT2D eigenvalue weighted by Crippen LogP contribution is 2.48. The van der Waals surface area contributed by atoms with Crippen LogP contribution in [0.5, 0.6) is 0 Å². The molecular weight excluding hydrogens is 351 g/mol. The van der Waals surface area contributed by atoms with Crippen LogP contribution in [0.2, 0.25) is 0 Å². The molecule has 0 fully saturated rings. The minimum absolute atomic E-state index is 0.251. The van der Waals surface area contributed by atoms with Crippen LogP contribution in [0, 0.1) is 0 Å². The molecule has 0 radical (unpaired) electrons. The van der Waals surface area contributed by atoms with Gasteiger partial charge in [-0.2, -0.15) is 4.57 Å². The number of benzene rings is 2. The molecule has 3 aromatic rings. The van der Waals surface area contributed by atoms with Crippen molar-refractivity contribution in [3.05, 3.63) is 72.1 Å². The lowest BCUT2D eigenvalue weighted by atomic mass is 9.93. The summed E-state index contributed by atoms with van der Waals surface area (Å²) in [5, 5.41) is 1.02. The van der Waals surface area contributed by atoms with Gasteiger partial charge in [-0.05, 0) is 26.0 Å². The van der Waals surface area contributed by atoms with Crippen molar-refractivity contribution in [3.8, 4) is 5.69 Å². The molecule has 3 nitrogen and oxygen atoms in total. The number of hydrogen-bond donors (Lipinski definition) is 0. The van der Waals surface area contributed by atoms with Crippen LogP contribution >= 0.6 is 7.14 Å². The van der Waals surface area contributed by atoms with Gasteiger partial charge in [0.2, 0.25) is 7.14 Å². The van der Waals surface area contributed by atoms with Crippen molar-refractivity contribution in [3.63, 3.8) is 0 Å². The van der Waals surface area contributed by atoms with Gasteiger partial charge in [-0.3, -0.25) is 0 Å². The van der Waals surface area contributed by atoms with Crippen molar-refractivity contribution in [2.24, 2.45) is 0 Å². The number of fused-ring (bicyclic) bond motifs is 2. The normalized spacial score (nSPS) is 20.4. The monoisotopic (exact) mass is 379 g/mol. The van der Waals surface area contributed by atoms with Gasteiger partial charge in [0.15, 0.2) is 5.69 Å². The molecule has 0 amide bonds. The third kappa shape index (κ3) is 2.48. The van der Waals surface area contributed by atoms with Crippen LogP contribution in [-0.2, 0) is 10.1 Å². The molecule has 1 aliphatic heterocycles. The fourth-order valence-corrected chi connectivity index (χ4v) is 7.43. The van der Waals surface area contributed by atoms with Crippen molar-refractivity contribution in [1.82, 2.24) is 4.57 Å². The van der Waals surface area contributed by atoms with Crippen LogP contribution in [0.3, 0.4) is 0 Å². The second kappa shape index (κ2) is 6.21. The summed E-state index contributed by atoms with van der Waals surface area (Å²) in [6.07, 6.45) is 2.85. The van der Waals surface area contributed by atoms with Crippen LogP contribution in [0.1, 0.15) is 51.8 Å². The predicted octanol–water partition coefficient (Wildman–Crippen LogP) is 4.32. The third-order valence-electron chi connectivity index (χ3n) is 5.86. The first-order valence-corrected chi connectivity index (χ1v) is 11.6. The molecule has 2 aromatic carbocycles. The summed E-state index contributed by atoms with van der Waals surface area (Å²) < 4.78 is 19.1. The summed E-state index contributed by atoms with van der Waals surface area (Å²) in [6, 6.07) is 18.6. The fraction of sp³-hybridized carbons (Fsp3) is 0.348. The predicted molar refractivity (Wildman–Crippen MR) is 112 cm³/mol. The molecule has 0 aliphatic carbocycles. The van der Waals surface area contributed by atoms with Crippen molar-refractivity contribution < 1.29 is 9.13 Å². The highest BCUT2D eigenvalue weighted by atomic mass is 31.2. The molecule has 1 aliphatic rings. The van der Waals surface area contributed by atoms with E-state index < -0.39 is 7.14 Å². The fourth-order valence-electron chi connectivity index (χ4n) is 4.32. The molecule has 0 saturated carbocycles. The van der Waals surface area contributed by atoms with Crippen molar-refractivity contribution in [2.45, 2.75) is 46.1 Å². The van der Waals surface area contributed by atoms with E-state index in [2.05, 4.69) is 92.4 Å². The summed E-state index contributed by atoms with van der Waals surface area (Å²) in [5.41, 5.74) is 4.15. The Hall–Kier alpha value is -2.12. The summed E-state index contributed by atoms with van der Waals surface area (Å²) >= 11 is 0. The number of nitrogens with zero attached hydrogens (tertiary/aromatic N) is 2. The lowest BCUT2D eigenvalue weighted by molar-refractivity contribution is -0.731. The lowest BCUT2D eigenvalue weighted by Crippen LogP contribution is -2.67. The van der Waals surface area contributed by atoms with E-state index in [0.717, 1.165) is 16.6 Å². The second-order valence-corrected chi connectivity index (χ2v) is 11.2. The molecular formula is C23H28N2OP+. The van der Waals surface area contributed by atoms with Crippen LogP contribution in [0.4, 0.5) is 0 Å². The van der Waals surface area contributed by atoms with Crippen LogP contribution in [0.25, 0.3) is 5.69 Å². The molecule has 1 atom stereocenters. The lowest BCUT2D eigenvalue weighted by Gasteiger charge is -2.33. The topological polar surface area (TPSA) is 25.9 Å². The number of hydrogen-bond acceptors (Lipinski definition) is 1. The largest absolute Gasteiger partial charge is 0.325 e. The van der Waals surface area contributed by atoms with Gasteiger partial charge < -0.3 is 4.57 Å². The van der Waals surface area contributed by atoms with E-state index in [1.807, 2.05) is 12.1 Å². The van der Waals surface area contributed by atoms with E-state index in [1.165, 1.54) is 11.3 Å². The molecule has 1 aromatic heterocycles. The van der Waals surface area contributed by atoms with Crippen LogP contribution in [0.15, 0.2) is 60.8 Å². The molecule has 27 heavy (non-hydrogen) atoms. The van der Waals surface area contributed by atoms with Gasteiger partial charge in [0.25, 0.3) is 0 Å². The maximum Gasteiger partial charge on any atom is 0.325 e. The van der Waals surface area contributed by atoms with E-state index in [9.17, 15) is 4.57 Å². The highest BCUT2D eigenvalue weighted by molar-refractivity contribution is 7.78. The minimum Gasteiger partial charge on any atom is -0.305 e. The third-order valence-corrected chi connectivity index (χ3v) is 8.98. The quantitative estimate of drug-likeness (QED) is 0.492. The number of aromatic nitrogens is 2. The number of imidazole rings is 1. The number of rotatable bonds is 3. The van der Waals surface area contributed by atoms with E-state index in [-0.39, 0.29) is 5.54 Å². The number of para-hydroxylation sites is 1. The summed E-state index contributed by atoms with van der Waals surface area (Å²) in [5.74, 6) is 0.326. The highest BCUT2D eigenvalue weighted by Gasteiger charge is 2.52. The molecule has 2 heterocycles. The Labute approximate surface area is 162 Å². The molecule has 4 rings (SSSR count). The Kier molecular flexibility index (Phi) is 4.20. The van der Waals surface area contributed by atoms with Crippen molar-refractivity contribution in [1.29, 1.82) is 0 Å². The molecule has 0 N–H and O–H groups in total. The Morgan fingerprint density at radius 2 is 1.67 bits per heavy atom. The van der Waals surface area contributed by atoms with Gasteiger partial charge in [0.1, 0.15) is 17.4 Å². The smallest absolute Gasteiger partial charge is 0.305 e. The standard InChI is InChI=1S/C23H28N2OP/c1-6-27(26)21-15-11-10-14-19(21)23(4,5)24-16-20(17(2)3)25(22(24)27)18-12-8-7-9-13-18/h7-17H,6H2,1-5H3/q+1. The summed E-state index contributed by atoms with van der Waals surface area (Å²) in [4.78, 5) is 0. The van der Waals surface area contributed by atoms with Gasteiger partial charge in [-0.1, -0.05) is 63.2 Å². The van der Waals surface area contributed by atoms with E-state index >= 15 is 0 Å². The first kappa shape index (κ1) is 18.3. The van der Waals surface area contributed by atoms with Gasteiger partial charge in [0.05, 0.1) is 0 Å². The zero-order valence-electron chi connectivity index (χ0n) is 16.8. The van der Waals surface area contributed by atoms with Gasteiger partial charge in [-0.25, -0.2) is 4.57 Å². The Bertz CT molecular complexity index is 1050. The maximum atomic E-state index is 14.5. The zero-order valence-corrected chi connectivity index (χ0v) is 17.7. The molecule has 1 unspecified atom stereocenters. The summed E-state index contributed by atoms with van der Waals surface area (Å²) in [6.45, 7) is 10.9. The van der Waals surface area contributed by atoms with E-state index in [1.54, 1.807) is 0 Å². The first-order chi connectivity index (χ1) is 12.8. The van der Waals surface area contributed by atoms with Crippen LogP contribution in [-0.4, -0.2) is 10.7 Å². The minimum atomic E-state index is -2.75. The maximum absolute atomic E-state index is 14.5. The SMILES string of the molecule is CCP1(=O)c2ccccc2C(C)(C)[n+]2cc(C(C)C)n(-c3ccccc3)c21. The molecule has 140 valence electrons. The Morgan fingerprint density at radius 3 is 2.30 bits per heavy atom. The average molecular weight is 379 g/mol. The Morgan fingerprint density at radius 1 is 1.04 bits per heavy atom. The molecule has 0 bridgehead atoms. The molecule has 0 spiro atoms. The molecule has 0 saturated heterocycles. The van der Waals surface area contributed by atoms with Gasteiger partial charge in [-0.15, -0.1) is 0 Å². The Balaban J connectivity index is 2.17. The summed E-state index contributed by atoms with van der Waals surface area (Å²) in [7, 11) is -2.75. The van der Waals surface area contributed by atoms with E-state index in [4.69, 9.17) is 0 Å². The second-order valence-electron chi connectivity index (χ2n) is 8.18.